The molecule has 6 nitrogen and oxygen atoms in total. The van der Waals surface area contributed by atoms with E-state index in [1.165, 1.54) is 36.4 Å². The number of hydrogen-bond donors (Lipinski definition) is 1. The SMILES string of the molecule is O=C(COc1ccccc1[N+](=O)[O-])Nc1ccccc1F. The molecule has 0 atom stereocenters. The zero-order chi connectivity index (χ0) is 15.2. The van der Waals surface area contributed by atoms with Crippen LogP contribution in [-0.2, 0) is 4.79 Å². The van der Waals surface area contributed by atoms with Crippen molar-refractivity contribution in [2.24, 2.45) is 0 Å². The quantitative estimate of drug-likeness (QED) is 0.678. The molecule has 7 heteroatoms. The van der Waals surface area contributed by atoms with Crippen LogP contribution in [-0.4, -0.2) is 17.4 Å². The third-order valence-electron chi connectivity index (χ3n) is 2.57. The zero-order valence-corrected chi connectivity index (χ0v) is 10.8. The van der Waals surface area contributed by atoms with Crippen LogP contribution in [0.2, 0.25) is 0 Å². The molecule has 2 aromatic carbocycles. The van der Waals surface area contributed by atoms with Crippen LogP contribution in [0.25, 0.3) is 0 Å². The van der Waals surface area contributed by atoms with Gasteiger partial charge in [-0.05, 0) is 18.2 Å². The maximum absolute atomic E-state index is 13.3. The number of carbonyl (C=O) groups is 1. The van der Waals surface area contributed by atoms with E-state index in [0.29, 0.717) is 0 Å². The summed E-state index contributed by atoms with van der Waals surface area (Å²) in [6.07, 6.45) is 0. The molecular weight excluding hydrogens is 279 g/mol. The fourth-order valence-electron chi connectivity index (χ4n) is 1.62. The average molecular weight is 290 g/mol. The minimum absolute atomic E-state index is 0.0219. The second-order valence-electron chi connectivity index (χ2n) is 4.04. The smallest absolute Gasteiger partial charge is 0.310 e. The topological polar surface area (TPSA) is 81.5 Å². The standard InChI is InChI=1S/C14H11FN2O4/c15-10-5-1-2-6-11(10)16-14(18)9-21-13-8-4-3-7-12(13)17(19)20/h1-8H,9H2,(H,16,18). The number of carbonyl (C=O) groups excluding carboxylic acids is 1. The minimum atomic E-state index is -0.613. The number of nitrogens with one attached hydrogen (secondary N) is 1. The van der Waals surface area contributed by atoms with Crippen molar-refractivity contribution < 1.29 is 18.8 Å². The molecule has 1 N–H and O–H groups in total. The monoisotopic (exact) mass is 290 g/mol. The highest BCUT2D eigenvalue weighted by atomic mass is 19.1. The van der Waals surface area contributed by atoms with E-state index in [1.807, 2.05) is 0 Å². The van der Waals surface area contributed by atoms with E-state index in [-0.39, 0.29) is 17.1 Å². The Labute approximate surface area is 119 Å². The summed E-state index contributed by atoms with van der Waals surface area (Å²) in [7, 11) is 0. The van der Waals surface area contributed by atoms with E-state index >= 15 is 0 Å². The van der Waals surface area contributed by atoms with Gasteiger partial charge in [0.15, 0.2) is 12.4 Å². The Morgan fingerprint density at radius 3 is 2.57 bits per heavy atom. The molecule has 0 unspecified atom stereocenters. The van der Waals surface area contributed by atoms with Gasteiger partial charge in [0.25, 0.3) is 5.91 Å². The number of nitro groups is 1. The van der Waals surface area contributed by atoms with Gasteiger partial charge in [-0.15, -0.1) is 0 Å². The predicted octanol–water partition coefficient (Wildman–Crippen LogP) is 2.75. The maximum atomic E-state index is 13.3. The maximum Gasteiger partial charge on any atom is 0.310 e. The largest absolute Gasteiger partial charge is 0.477 e. The predicted molar refractivity (Wildman–Crippen MR) is 73.6 cm³/mol. The first-order valence-electron chi connectivity index (χ1n) is 5.98. The fourth-order valence-corrected chi connectivity index (χ4v) is 1.62. The number of anilines is 1. The summed E-state index contributed by atoms with van der Waals surface area (Å²) in [4.78, 5) is 21.8. The van der Waals surface area contributed by atoms with Crippen LogP contribution in [0.1, 0.15) is 0 Å². The number of rotatable bonds is 5. The Hall–Kier alpha value is -2.96. The van der Waals surface area contributed by atoms with Crippen molar-refractivity contribution >= 4 is 17.3 Å². The third kappa shape index (κ3) is 3.75. The summed E-state index contributed by atoms with van der Waals surface area (Å²) in [6, 6.07) is 11.4. The highest BCUT2D eigenvalue weighted by Crippen LogP contribution is 2.25. The first-order chi connectivity index (χ1) is 10.1. The molecule has 0 aliphatic carbocycles. The molecule has 2 rings (SSSR count). The Balaban J connectivity index is 1.99. The lowest BCUT2D eigenvalue weighted by atomic mass is 10.3. The van der Waals surface area contributed by atoms with E-state index in [1.54, 1.807) is 12.1 Å². The van der Waals surface area contributed by atoms with Crippen molar-refractivity contribution in [3.05, 3.63) is 64.5 Å². The second-order valence-corrected chi connectivity index (χ2v) is 4.04. The van der Waals surface area contributed by atoms with Gasteiger partial charge in [-0.2, -0.15) is 0 Å². The summed E-state index contributed by atoms with van der Waals surface area (Å²) in [5.74, 6) is -1.21. The number of nitrogens with zero attached hydrogens (tertiary/aromatic N) is 1. The van der Waals surface area contributed by atoms with Crippen LogP contribution in [0, 0.1) is 15.9 Å². The summed E-state index contributed by atoms with van der Waals surface area (Å²) < 4.78 is 18.4. The van der Waals surface area contributed by atoms with Gasteiger partial charge in [0, 0.05) is 6.07 Å². The van der Waals surface area contributed by atoms with Crippen molar-refractivity contribution in [1.82, 2.24) is 0 Å². The molecule has 2 aromatic rings. The molecule has 0 aliphatic heterocycles. The normalized spacial score (nSPS) is 9.95. The molecule has 0 saturated heterocycles. The van der Waals surface area contributed by atoms with Gasteiger partial charge in [-0.25, -0.2) is 4.39 Å². The van der Waals surface area contributed by atoms with Crippen LogP contribution in [0.5, 0.6) is 5.75 Å². The van der Waals surface area contributed by atoms with Gasteiger partial charge in [0.05, 0.1) is 10.6 Å². The van der Waals surface area contributed by atoms with E-state index in [2.05, 4.69) is 5.32 Å². The van der Waals surface area contributed by atoms with E-state index < -0.39 is 23.3 Å². The molecule has 21 heavy (non-hydrogen) atoms. The lowest BCUT2D eigenvalue weighted by Gasteiger charge is -2.08. The average Bonchev–Trinajstić information content (AvgIpc) is 2.48. The molecule has 0 saturated carbocycles. The molecule has 0 fully saturated rings. The number of ether oxygens (including phenoxy) is 1. The van der Waals surface area contributed by atoms with Gasteiger partial charge >= 0.3 is 5.69 Å². The Morgan fingerprint density at radius 1 is 1.19 bits per heavy atom. The Bertz CT molecular complexity index is 676. The number of para-hydroxylation sites is 3. The van der Waals surface area contributed by atoms with E-state index in [0.717, 1.165) is 0 Å². The van der Waals surface area contributed by atoms with Crippen LogP contribution in [0.4, 0.5) is 15.8 Å². The third-order valence-corrected chi connectivity index (χ3v) is 2.57. The first kappa shape index (κ1) is 14.4. The molecule has 0 aromatic heterocycles. The second kappa shape index (κ2) is 6.47. The minimum Gasteiger partial charge on any atom is -0.477 e. The first-order valence-corrected chi connectivity index (χ1v) is 5.98. The molecule has 0 spiro atoms. The Kier molecular flexibility index (Phi) is 4.45. The van der Waals surface area contributed by atoms with Crippen molar-refractivity contribution in [1.29, 1.82) is 0 Å². The molecule has 1 amide bonds. The number of amides is 1. The van der Waals surface area contributed by atoms with Crippen LogP contribution < -0.4 is 10.1 Å². The van der Waals surface area contributed by atoms with Gasteiger partial charge < -0.3 is 10.1 Å². The van der Waals surface area contributed by atoms with Gasteiger partial charge in [-0.3, -0.25) is 14.9 Å². The summed E-state index contributed by atoms with van der Waals surface area (Å²) >= 11 is 0. The highest BCUT2D eigenvalue weighted by Gasteiger charge is 2.15. The van der Waals surface area contributed by atoms with Crippen LogP contribution in [0.15, 0.2) is 48.5 Å². The van der Waals surface area contributed by atoms with Gasteiger partial charge in [0.2, 0.25) is 0 Å². The molecule has 108 valence electrons. The van der Waals surface area contributed by atoms with Crippen molar-refractivity contribution in [3.63, 3.8) is 0 Å². The molecule has 0 heterocycles. The number of benzene rings is 2. The van der Waals surface area contributed by atoms with Crippen LogP contribution >= 0.6 is 0 Å². The summed E-state index contributed by atoms with van der Waals surface area (Å²) in [5, 5.41) is 13.1. The fraction of sp³-hybridized carbons (Fsp3) is 0.0714. The van der Waals surface area contributed by atoms with Gasteiger partial charge in [-0.1, -0.05) is 24.3 Å². The molecular formula is C14H11FN2O4. The molecule has 0 radical (unpaired) electrons. The molecule has 0 bridgehead atoms. The Morgan fingerprint density at radius 2 is 1.86 bits per heavy atom. The number of nitro benzene ring substituents is 1. The lowest BCUT2D eigenvalue weighted by molar-refractivity contribution is -0.385. The van der Waals surface area contributed by atoms with E-state index in [4.69, 9.17) is 4.74 Å². The van der Waals surface area contributed by atoms with Gasteiger partial charge in [0.1, 0.15) is 5.82 Å². The summed E-state index contributed by atoms with van der Waals surface area (Å²) in [6.45, 7) is -0.459. The molecule has 0 aliphatic rings. The van der Waals surface area contributed by atoms with Crippen molar-refractivity contribution in [2.75, 3.05) is 11.9 Å². The summed E-state index contributed by atoms with van der Waals surface area (Å²) in [5.41, 5.74) is -0.218. The van der Waals surface area contributed by atoms with Crippen molar-refractivity contribution in [3.8, 4) is 5.75 Å². The number of hydrogen-bond acceptors (Lipinski definition) is 4. The van der Waals surface area contributed by atoms with E-state index in [9.17, 15) is 19.3 Å². The van der Waals surface area contributed by atoms with Crippen molar-refractivity contribution in [2.45, 2.75) is 0 Å². The number of halogens is 1. The lowest BCUT2D eigenvalue weighted by Crippen LogP contribution is -2.21. The van der Waals surface area contributed by atoms with Crippen LogP contribution in [0.3, 0.4) is 0 Å². The zero-order valence-electron chi connectivity index (χ0n) is 10.8. The highest BCUT2D eigenvalue weighted by molar-refractivity contribution is 5.92.